The third-order valence-electron chi connectivity index (χ3n) is 2.73. The molecule has 14 heavy (non-hydrogen) atoms. The van der Waals surface area contributed by atoms with Crippen LogP contribution < -0.4 is 11.1 Å². The monoisotopic (exact) mass is 196 g/mol. The third kappa shape index (κ3) is 2.84. The van der Waals surface area contributed by atoms with Crippen LogP contribution in [0.25, 0.3) is 0 Å². The summed E-state index contributed by atoms with van der Waals surface area (Å²) in [5, 5.41) is 3.00. The fourth-order valence-electron chi connectivity index (χ4n) is 1.62. The van der Waals surface area contributed by atoms with Crippen molar-refractivity contribution in [3.63, 3.8) is 0 Å². The minimum absolute atomic E-state index is 0.0233. The summed E-state index contributed by atoms with van der Waals surface area (Å²) >= 11 is 0. The number of amides is 1. The molecule has 1 aliphatic carbocycles. The summed E-state index contributed by atoms with van der Waals surface area (Å²) < 4.78 is 0. The van der Waals surface area contributed by atoms with Gasteiger partial charge >= 0.3 is 0 Å². The molecule has 1 fully saturated rings. The Hall–Kier alpha value is -0.830. The van der Waals surface area contributed by atoms with Crippen LogP contribution >= 0.6 is 0 Å². The van der Waals surface area contributed by atoms with Gasteiger partial charge in [0.05, 0.1) is 5.54 Å². The number of allylic oxidation sites excluding steroid dienone is 1. The van der Waals surface area contributed by atoms with Crippen LogP contribution in [0.4, 0.5) is 0 Å². The SMILES string of the molecule is CC(C)=CC(=O)NC(C)(CN)C1CC1. The first-order valence-electron chi connectivity index (χ1n) is 5.15. The van der Waals surface area contributed by atoms with E-state index in [1.807, 2.05) is 20.8 Å². The van der Waals surface area contributed by atoms with Gasteiger partial charge in [0.15, 0.2) is 0 Å². The standard InChI is InChI=1S/C11H20N2O/c1-8(2)6-10(14)13-11(3,7-12)9-4-5-9/h6,9H,4-5,7,12H2,1-3H3,(H,13,14). The molecule has 0 aliphatic heterocycles. The van der Waals surface area contributed by atoms with Gasteiger partial charge in [-0.15, -0.1) is 0 Å². The van der Waals surface area contributed by atoms with Crippen LogP contribution in [0, 0.1) is 5.92 Å². The van der Waals surface area contributed by atoms with Gasteiger partial charge in [0.1, 0.15) is 0 Å². The molecule has 0 radical (unpaired) electrons. The van der Waals surface area contributed by atoms with E-state index in [4.69, 9.17) is 5.73 Å². The summed E-state index contributed by atoms with van der Waals surface area (Å²) in [5.41, 5.74) is 6.50. The van der Waals surface area contributed by atoms with Crippen molar-refractivity contribution in [2.45, 2.75) is 39.2 Å². The Balaban J connectivity index is 2.56. The number of nitrogens with one attached hydrogen (secondary N) is 1. The summed E-state index contributed by atoms with van der Waals surface area (Å²) in [5.74, 6) is 0.548. The molecule has 0 aromatic rings. The fourth-order valence-corrected chi connectivity index (χ4v) is 1.62. The zero-order valence-corrected chi connectivity index (χ0v) is 9.26. The van der Waals surface area contributed by atoms with E-state index in [2.05, 4.69) is 5.32 Å². The molecule has 1 saturated carbocycles. The third-order valence-corrected chi connectivity index (χ3v) is 2.73. The second-order valence-corrected chi connectivity index (χ2v) is 4.61. The van der Waals surface area contributed by atoms with Gasteiger partial charge in [0.2, 0.25) is 5.91 Å². The molecule has 3 N–H and O–H groups in total. The zero-order valence-electron chi connectivity index (χ0n) is 9.26. The summed E-state index contributed by atoms with van der Waals surface area (Å²) in [4.78, 5) is 11.5. The maximum Gasteiger partial charge on any atom is 0.244 e. The second kappa shape index (κ2) is 4.13. The van der Waals surface area contributed by atoms with E-state index >= 15 is 0 Å². The van der Waals surface area contributed by atoms with Crippen LogP contribution in [0.2, 0.25) is 0 Å². The van der Waals surface area contributed by atoms with Gasteiger partial charge in [-0.1, -0.05) is 5.57 Å². The maximum atomic E-state index is 11.5. The van der Waals surface area contributed by atoms with Crippen molar-refractivity contribution >= 4 is 5.91 Å². The van der Waals surface area contributed by atoms with Gasteiger partial charge < -0.3 is 11.1 Å². The van der Waals surface area contributed by atoms with Crippen molar-refractivity contribution in [2.24, 2.45) is 11.7 Å². The number of carbonyl (C=O) groups excluding carboxylic acids is 1. The first kappa shape index (κ1) is 11.2. The van der Waals surface area contributed by atoms with Crippen LogP contribution in [0.1, 0.15) is 33.6 Å². The van der Waals surface area contributed by atoms with E-state index in [-0.39, 0.29) is 11.4 Å². The summed E-state index contributed by atoms with van der Waals surface area (Å²) in [6.07, 6.45) is 3.99. The predicted octanol–water partition coefficient (Wildman–Crippen LogP) is 1.20. The molecule has 1 atom stereocenters. The van der Waals surface area contributed by atoms with Crippen LogP contribution in [0.3, 0.4) is 0 Å². The number of rotatable bonds is 4. The highest BCUT2D eigenvalue weighted by molar-refractivity contribution is 5.88. The molecule has 0 saturated heterocycles. The first-order valence-corrected chi connectivity index (χ1v) is 5.15. The van der Waals surface area contributed by atoms with Crippen molar-refractivity contribution in [3.8, 4) is 0 Å². The molecule has 0 spiro atoms. The Morgan fingerprint density at radius 2 is 2.14 bits per heavy atom. The quantitative estimate of drug-likeness (QED) is 0.664. The molecule has 1 rings (SSSR count). The lowest BCUT2D eigenvalue weighted by molar-refractivity contribution is -0.118. The molecule has 80 valence electrons. The highest BCUT2D eigenvalue weighted by atomic mass is 16.1. The number of carbonyl (C=O) groups is 1. The van der Waals surface area contributed by atoms with Gasteiger partial charge in [-0.2, -0.15) is 0 Å². The van der Waals surface area contributed by atoms with Crippen molar-refractivity contribution in [2.75, 3.05) is 6.54 Å². The molecule has 1 unspecified atom stereocenters. The summed E-state index contributed by atoms with van der Waals surface area (Å²) in [6.45, 7) is 6.37. The van der Waals surface area contributed by atoms with Gasteiger partial charge in [-0.25, -0.2) is 0 Å². The van der Waals surface area contributed by atoms with Crippen molar-refractivity contribution in [1.82, 2.24) is 5.32 Å². The Bertz CT molecular complexity index is 252. The molecule has 0 heterocycles. The maximum absolute atomic E-state index is 11.5. The minimum atomic E-state index is -0.205. The highest BCUT2D eigenvalue weighted by Gasteiger charge is 2.41. The minimum Gasteiger partial charge on any atom is -0.346 e. The molecule has 3 nitrogen and oxygen atoms in total. The number of hydrogen-bond acceptors (Lipinski definition) is 2. The van der Waals surface area contributed by atoms with Crippen LogP contribution in [0.5, 0.6) is 0 Å². The Labute approximate surface area is 85.7 Å². The molecular weight excluding hydrogens is 176 g/mol. The average Bonchev–Trinajstić information content (AvgIpc) is 2.84. The molecule has 0 aromatic carbocycles. The Kier molecular flexibility index (Phi) is 3.32. The largest absolute Gasteiger partial charge is 0.346 e. The lowest BCUT2D eigenvalue weighted by Gasteiger charge is -2.28. The van der Waals surface area contributed by atoms with Crippen LogP contribution in [-0.4, -0.2) is 18.0 Å². The topological polar surface area (TPSA) is 55.1 Å². The van der Waals surface area contributed by atoms with E-state index in [1.165, 1.54) is 12.8 Å². The summed E-state index contributed by atoms with van der Waals surface area (Å²) in [7, 11) is 0. The summed E-state index contributed by atoms with van der Waals surface area (Å²) in [6, 6.07) is 0. The van der Waals surface area contributed by atoms with Crippen molar-refractivity contribution in [3.05, 3.63) is 11.6 Å². The van der Waals surface area contributed by atoms with E-state index in [0.29, 0.717) is 12.5 Å². The first-order chi connectivity index (χ1) is 6.48. The highest BCUT2D eigenvalue weighted by Crippen LogP contribution is 2.38. The fraction of sp³-hybridized carbons (Fsp3) is 0.727. The normalized spacial score (nSPS) is 19.7. The van der Waals surface area contributed by atoms with Crippen molar-refractivity contribution < 1.29 is 4.79 Å². The Morgan fingerprint density at radius 1 is 1.57 bits per heavy atom. The molecular formula is C11H20N2O. The molecule has 3 heteroatoms. The lowest BCUT2D eigenvalue weighted by Crippen LogP contribution is -2.52. The van der Waals surface area contributed by atoms with Crippen LogP contribution in [0.15, 0.2) is 11.6 Å². The van der Waals surface area contributed by atoms with Gasteiger partial charge in [-0.3, -0.25) is 4.79 Å². The zero-order chi connectivity index (χ0) is 10.8. The number of hydrogen-bond donors (Lipinski definition) is 2. The van der Waals surface area contributed by atoms with Gasteiger partial charge in [0, 0.05) is 12.6 Å². The van der Waals surface area contributed by atoms with Gasteiger partial charge in [-0.05, 0) is 39.5 Å². The van der Waals surface area contributed by atoms with E-state index < -0.39 is 0 Å². The molecule has 0 bridgehead atoms. The smallest absolute Gasteiger partial charge is 0.244 e. The van der Waals surface area contributed by atoms with E-state index in [9.17, 15) is 4.79 Å². The Morgan fingerprint density at radius 3 is 2.50 bits per heavy atom. The number of nitrogens with two attached hydrogens (primary N) is 1. The second-order valence-electron chi connectivity index (χ2n) is 4.61. The molecule has 1 amide bonds. The molecule has 0 aromatic heterocycles. The van der Waals surface area contributed by atoms with Crippen LogP contribution in [-0.2, 0) is 4.79 Å². The van der Waals surface area contributed by atoms with Crippen molar-refractivity contribution in [1.29, 1.82) is 0 Å². The average molecular weight is 196 g/mol. The van der Waals surface area contributed by atoms with E-state index in [1.54, 1.807) is 6.08 Å². The van der Waals surface area contributed by atoms with E-state index in [0.717, 1.165) is 5.57 Å². The lowest BCUT2D eigenvalue weighted by atomic mass is 9.96. The predicted molar refractivity (Wildman–Crippen MR) is 57.8 cm³/mol. The van der Waals surface area contributed by atoms with Gasteiger partial charge in [0.25, 0.3) is 0 Å². The molecule has 1 aliphatic rings.